The smallest absolute Gasteiger partial charge is 0.179 e. The summed E-state index contributed by atoms with van der Waals surface area (Å²) in [5.74, 6) is 3.95. The molecule has 2 aromatic rings. The van der Waals surface area contributed by atoms with Gasteiger partial charge in [0, 0.05) is 17.9 Å². The fourth-order valence-electron chi connectivity index (χ4n) is 1.92. The third-order valence-electron chi connectivity index (χ3n) is 2.71. The first-order valence-corrected chi connectivity index (χ1v) is 6.46. The molecule has 5 heteroatoms. The van der Waals surface area contributed by atoms with Crippen molar-refractivity contribution in [2.75, 3.05) is 11.5 Å². The molecule has 1 atom stereocenters. The van der Waals surface area contributed by atoms with E-state index in [0.717, 1.165) is 17.2 Å². The normalized spacial score (nSPS) is 21.3. The lowest BCUT2D eigenvalue weighted by Crippen LogP contribution is -2.02. The number of hydrogen-bond acceptors (Lipinski definition) is 3. The van der Waals surface area contributed by atoms with Crippen molar-refractivity contribution in [3.63, 3.8) is 0 Å². The third kappa shape index (κ3) is 1.52. The average molecular weight is 240 g/mol. The first-order valence-electron chi connectivity index (χ1n) is 4.93. The molecule has 2 aromatic heterocycles. The number of nitrogens with zero attached hydrogens (tertiary/aromatic N) is 3. The Morgan fingerprint density at radius 1 is 1.47 bits per heavy atom. The summed E-state index contributed by atoms with van der Waals surface area (Å²) in [7, 11) is 0. The highest BCUT2D eigenvalue weighted by Crippen LogP contribution is 2.32. The maximum atomic E-state index is 6.05. The Hall–Kier alpha value is -0.740. The van der Waals surface area contributed by atoms with Crippen LogP contribution in [-0.2, 0) is 0 Å². The summed E-state index contributed by atoms with van der Waals surface area (Å²) in [6, 6.07) is 3.78. The molecular weight excluding hydrogens is 230 g/mol. The van der Waals surface area contributed by atoms with E-state index in [1.807, 2.05) is 34.5 Å². The van der Waals surface area contributed by atoms with E-state index in [4.69, 9.17) is 11.6 Å². The summed E-state index contributed by atoms with van der Waals surface area (Å²) in [4.78, 5) is 0. The zero-order chi connectivity index (χ0) is 10.3. The molecule has 0 radical (unpaired) electrons. The first kappa shape index (κ1) is 9.48. The fourth-order valence-corrected chi connectivity index (χ4v) is 3.34. The van der Waals surface area contributed by atoms with Crippen molar-refractivity contribution in [1.29, 1.82) is 0 Å². The zero-order valence-corrected chi connectivity index (χ0v) is 9.63. The van der Waals surface area contributed by atoms with Crippen LogP contribution in [0, 0.1) is 0 Å². The van der Waals surface area contributed by atoms with Gasteiger partial charge in [0.25, 0.3) is 0 Å². The van der Waals surface area contributed by atoms with E-state index in [9.17, 15) is 0 Å². The highest BCUT2D eigenvalue weighted by atomic mass is 35.5. The SMILES string of the molecule is Clc1cccn2c(C3CCSC3)nnc12. The molecular formula is C10H10ClN3S. The van der Waals surface area contributed by atoms with Gasteiger partial charge in [0.1, 0.15) is 5.82 Å². The summed E-state index contributed by atoms with van der Waals surface area (Å²) in [6.45, 7) is 0. The van der Waals surface area contributed by atoms with E-state index in [1.54, 1.807) is 0 Å². The lowest BCUT2D eigenvalue weighted by atomic mass is 10.1. The van der Waals surface area contributed by atoms with Crippen molar-refractivity contribution in [2.24, 2.45) is 0 Å². The number of aromatic nitrogens is 3. The Morgan fingerprint density at radius 2 is 2.40 bits per heavy atom. The molecule has 3 rings (SSSR count). The summed E-state index contributed by atoms with van der Waals surface area (Å²) in [5, 5.41) is 9.06. The van der Waals surface area contributed by atoms with E-state index in [0.29, 0.717) is 10.9 Å². The lowest BCUT2D eigenvalue weighted by Gasteiger charge is -2.05. The van der Waals surface area contributed by atoms with Gasteiger partial charge in [-0.1, -0.05) is 11.6 Å². The Kier molecular flexibility index (Phi) is 2.33. The van der Waals surface area contributed by atoms with Crippen LogP contribution in [0.4, 0.5) is 0 Å². The topological polar surface area (TPSA) is 30.2 Å². The van der Waals surface area contributed by atoms with Crippen LogP contribution in [0.3, 0.4) is 0 Å². The van der Waals surface area contributed by atoms with E-state index < -0.39 is 0 Å². The monoisotopic (exact) mass is 239 g/mol. The number of fused-ring (bicyclic) bond motifs is 1. The summed E-state index contributed by atoms with van der Waals surface area (Å²) < 4.78 is 2.01. The van der Waals surface area contributed by atoms with Crippen LogP contribution in [0.1, 0.15) is 18.2 Å². The molecule has 15 heavy (non-hydrogen) atoms. The molecule has 1 saturated heterocycles. The number of rotatable bonds is 1. The quantitative estimate of drug-likeness (QED) is 0.766. The van der Waals surface area contributed by atoms with Crippen LogP contribution in [0.15, 0.2) is 18.3 Å². The molecule has 0 spiro atoms. The molecule has 0 aromatic carbocycles. The summed E-state index contributed by atoms with van der Waals surface area (Å²) >= 11 is 8.03. The summed E-state index contributed by atoms with van der Waals surface area (Å²) in [6.07, 6.45) is 3.18. The van der Waals surface area contributed by atoms with Crippen LogP contribution in [0.2, 0.25) is 5.02 Å². The second-order valence-corrected chi connectivity index (χ2v) is 5.23. The second kappa shape index (κ2) is 3.68. The molecule has 1 unspecified atom stereocenters. The van der Waals surface area contributed by atoms with Gasteiger partial charge in [0.05, 0.1) is 5.02 Å². The standard InChI is InChI=1S/C10H10ClN3S/c11-8-2-1-4-14-9(12-13-10(8)14)7-3-5-15-6-7/h1-2,4,7H,3,5-6H2. The van der Waals surface area contributed by atoms with Gasteiger partial charge in [0.15, 0.2) is 5.65 Å². The highest BCUT2D eigenvalue weighted by molar-refractivity contribution is 7.99. The molecule has 0 bridgehead atoms. The number of pyridine rings is 1. The van der Waals surface area contributed by atoms with E-state index in [2.05, 4.69) is 10.2 Å². The van der Waals surface area contributed by atoms with Gasteiger partial charge in [-0.15, -0.1) is 10.2 Å². The van der Waals surface area contributed by atoms with Crippen molar-refractivity contribution < 1.29 is 0 Å². The minimum Gasteiger partial charge on any atom is -0.285 e. The molecule has 78 valence electrons. The molecule has 0 saturated carbocycles. The Bertz CT molecular complexity index is 490. The van der Waals surface area contributed by atoms with Crippen molar-refractivity contribution in [2.45, 2.75) is 12.3 Å². The van der Waals surface area contributed by atoms with Crippen LogP contribution in [0.25, 0.3) is 5.65 Å². The van der Waals surface area contributed by atoms with E-state index in [-0.39, 0.29) is 0 Å². The van der Waals surface area contributed by atoms with Gasteiger partial charge in [-0.2, -0.15) is 11.8 Å². The van der Waals surface area contributed by atoms with Gasteiger partial charge in [-0.05, 0) is 24.3 Å². The van der Waals surface area contributed by atoms with Crippen molar-refractivity contribution >= 4 is 29.0 Å². The number of thioether (sulfide) groups is 1. The molecule has 0 N–H and O–H groups in total. The minimum absolute atomic E-state index is 0.531. The Balaban J connectivity index is 2.15. The van der Waals surface area contributed by atoms with Crippen LogP contribution in [0.5, 0.6) is 0 Å². The zero-order valence-electron chi connectivity index (χ0n) is 8.06. The molecule has 0 aliphatic carbocycles. The van der Waals surface area contributed by atoms with Crippen LogP contribution in [-0.4, -0.2) is 26.1 Å². The van der Waals surface area contributed by atoms with Crippen molar-refractivity contribution in [3.8, 4) is 0 Å². The Labute approximate surface area is 96.8 Å². The first-order chi connectivity index (χ1) is 7.36. The van der Waals surface area contributed by atoms with E-state index >= 15 is 0 Å². The maximum absolute atomic E-state index is 6.05. The predicted octanol–water partition coefficient (Wildman–Crippen LogP) is 2.60. The molecule has 3 nitrogen and oxygen atoms in total. The van der Waals surface area contributed by atoms with Crippen LogP contribution >= 0.6 is 23.4 Å². The van der Waals surface area contributed by atoms with Gasteiger partial charge < -0.3 is 0 Å². The van der Waals surface area contributed by atoms with Gasteiger partial charge >= 0.3 is 0 Å². The molecule has 0 amide bonds. The minimum atomic E-state index is 0.531. The van der Waals surface area contributed by atoms with Gasteiger partial charge in [-0.25, -0.2) is 0 Å². The molecule has 1 fully saturated rings. The lowest BCUT2D eigenvalue weighted by molar-refractivity contribution is 0.705. The molecule has 1 aliphatic heterocycles. The molecule has 1 aliphatic rings. The second-order valence-electron chi connectivity index (χ2n) is 3.67. The highest BCUT2D eigenvalue weighted by Gasteiger charge is 2.22. The van der Waals surface area contributed by atoms with Crippen molar-refractivity contribution in [3.05, 3.63) is 29.2 Å². The predicted molar refractivity (Wildman–Crippen MR) is 62.7 cm³/mol. The Morgan fingerprint density at radius 3 is 3.20 bits per heavy atom. The summed E-state index contributed by atoms with van der Waals surface area (Å²) in [5.41, 5.74) is 0.770. The van der Waals surface area contributed by atoms with Gasteiger partial charge in [0.2, 0.25) is 0 Å². The molecule has 3 heterocycles. The fraction of sp³-hybridized carbons (Fsp3) is 0.400. The van der Waals surface area contributed by atoms with Crippen LogP contribution < -0.4 is 0 Å². The third-order valence-corrected chi connectivity index (χ3v) is 4.17. The largest absolute Gasteiger partial charge is 0.285 e. The van der Waals surface area contributed by atoms with Gasteiger partial charge in [-0.3, -0.25) is 4.40 Å². The average Bonchev–Trinajstić information content (AvgIpc) is 2.85. The number of halogens is 1. The number of hydrogen-bond donors (Lipinski definition) is 0. The van der Waals surface area contributed by atoms with E-state index in [1.165, 1.54) is 12.2 Å². The maximum Gasteiger partial charge on any atom is 0.179 e. The van der Waals surface area contributed by atoms with Crippen molar-refractivity contribution in [1.82, 2.24) is 14.6 Å².